The minimum atomic E-state index is 0.0412. The first-order valence-electron chi connectivity index (χ1n) is 4.21. The van der Waals surface area contributed by atoms with E-state index in [1.54, 1.807) is 6.20 Å². The van der Waals surface area contributed by atoms with Gasteiger partial charge in [0.25, 0.3) is 0 Å². The molecule has 0 aliphatic heterocycles. The summed E-state index contributed by atoms with van der Waals surface area (Å²) in [6.45, 7) is 0.376. The minimum absolute atomic E-state index is 0.0412. The molecular weight excluding hydrogens is 166 g/mol. The molecule has 0 atom stereocenters. The Labute approximate surface area is 76.0 Å². The van der Waals surface area contributed by atoms with Crippen LogP contribution >= 0.6 is 0 Å². The van der Waals surface area contributed by atoms with E-state index in [1.165, 1.54) is 0 Å². The standard InChI is InChI=1S/C10H11NO2/c12-5-6-13-10-7-11-9-4-2-1-3-8(9)10/h1-4,7,11-12H,5-6H2. The van der Waals surface area contributed by atoms with Crippen LogP contribution in [0, 0.1) is 0 Å². The quantitative estimate of drug-likeness (QED) is 0.747. The highest BCUT2D eigenvalue weighted by atomic mass is 16.5. The third-order valence-corrected chi connectivity index (χ3v) is 1.90. The molecule has 0 spiro atoms. The van der Waals surface area contributed by atoms with E-state index < -0.39 is 0 Å². The first kappa shape index (κ1) is 8.13. The van der Waals surface area contributed by atoms with Gasteiger partial charge < -0.3 is 14.8 Å². The Hall–Kier alpha value is -1.48. The fourth-order valence-electron chi connectivity index (χ4n) is 1.32. The first-order chi connectivity index (χ1) is 6.42. The van der Waals surface area contributed by atoms with Gasteiger partial charge in [-0.05, 0) is 12.1 Å². The van der Waals surface area contributed by atoms with Gasteiger partial charge in [0.2, 0.25) is 0 Å². The lowest BCUT2D eigenvalue weighted by Gasteiger charge is -2.00. The molecule has 0 fully saturated rings. The number of ether oxygens (including phenoxy) is 1. The molecule has 13 heavy (non-hydrogen) atoms. The van der Waals surface area contributed by atoms with E-state index in [2.05, 4.69) is 4.98 Å². The fraction of sp³-hybridized carbons (Fsp3) is 0.200. The largest absolute Gasteiger partial charge is 0.489 e. The van der Waals surface area contributed by atoms with Gasteiger partial charge in [0.05, 0.1) is 6.61 Å². The Bertz CT molecular complexity index is 394. The molecule has 0 radical (unpaired) electrons. The zero-order valence-electron chi connectivity index (χ0n) is 7.16. The Morgan fingerprint density at radius 3 is 3.00 bits per heavy atom. The third-order valence-electron chi connectivity index (χ3n) is 1.90. The number of fused-ring (bicyclic) bond motifs is 1. The second-order valence-corrected chi connectivity index (χ2v) is 2.77. The molecule has 0 aliphatic carbocycles. The number of nitrogens with one attached hydrogen (secondary N) is 1. The molecule has 1 aromatic heterocycles. The molecule has 0 aliphatic rings. The van der Waals surface area contributed by atoms with Gasteiger partial charge in [-0.15, -0.1) is 0 Å². The minimum Gasteiger partial charge on any atom is -0.489 e. The second-order valence-electron chi connectivity index (χ2n) is 2.77. The number of hydrogen-bond acceptors (Lipinski definition) is 2. The van der Waals surface area contributed by atoms with Crippen molar-refractivity contribution in [1.29, 1.82) is 0 Å². The van der Waals surface area contributed by atoms with Crippen molar-refractivity contribution in [2.24, 2.45) is 0 Å². The number of aliphatic hydroxyl groups is 1. The van der Waals surface area contributed by atoms with Crippen LogP contribution in [0.2, 0.25) is 0 Å². The number of H-pyrrole nitrogens is 1. The predicted molar refractivity (Wildman–Crippen MR) is 50.9 cm³/mol. The van der Waals surface area contributed by atoms with Crippen molar-refractivity contribution < 1.29 is 9.84 Å². The van der Waals surface area contributed by atoms with E-state index in [-0.39, 0.29) is 6.61 Å². The van der Waals surface area contributed by atoms with Crippen molar-refractivity contribution in [1.82, 2.24) is 4.98 Å². The van der Waals surface area contributed by atoms with Gasteiger partial charge in [-0.25, -0.2) is 0 Å². The summed E-state index contributed by atoms with van der Waals surface area (Å²) < 4.78 is 5.33. The number of aromatic nitrogens is 1. The summed E-state index contributed by atoms with van der Waals surface area (Å²) in [6.07, 6.45) is 1.81. The molecule has 0 amide bonds. The average Bonchev–Trinajstić information content (AvgIpc) is 2.58. The molecule has 2 aromatic rings. The molecule has 3 heteroatoms. The number of rotatable bonds is 3. The SMILES string of the molecule is OCCOc1c[nH]c2ccccc12. The van der Waals surface area contributed by atoms with E-state index in [1.807, 2.05) is 24.3 Å². The van der Waals surface area contributed by atoms with Crippen LogP contribution in [0.5, 0.6) is 5.75 Å². The van der Waals surface area contributed by atoms with Crippen LogP contribution in [0.3, 0.4) is 0 Å². The molecule has 0 bridgehead atoms. The Morgan fingerprint density at radius 1 is 1.31 bits per heavy atom. The molecule has 0 saturated heterocycles. The number of aliphatic hydroxyl groups excluding tert-OH is 1. The van der Waals surface area contributed by atoms with Crippen molar-refractivity contribution in [3.8, 4) is 5.75 Å². The van der Waals surface area contributed by atoms with Gasteiger partial charge in [0, 0.05) is 17.1 Å². The molecule has 1 aromatic carbocycles. The summed E-state index contributed by atoms with van der Waals surface area (Å²) in [5, 5.41) is 9.65. The maximum absolute atomic E-state index is 8.60. The first-order valence-corrected chi connectivity index (χ1v) is 4.21. The zero-order chi connectivity index (χ0) is 9.10. The summed E-state index contributed by atoms with van der Waals surface area (Å²) in [5.74, 6) is 0.796. The van der Waals surface area contributed by atoms with Crippen LogP contribution in [-0.2, 0) is 0 Å². The molecule has 1 heterocycles. The van der Waals surface area contributed by atoms with Crippen LogP contribution in [0.15, 0.2) is 30.5 Å². The highest BCUT2D eigenvalue weighted by molar-refractivity contribution is 5.85. The van der Waals surface area contributed by atoms with Gasteiger partial charge in [-0.2, -0.15) is 0 Å². The molecule has 3 nitrogen and oxygen atoms in total. The van der Waals surface area contributed by atoms with E-state index in [0.717, 1.165) is 16.7 Å². The maximum atomic E-state index is 8.60. The fourth-order valence-corrected chi connectivity index (χ4v) is 1.32. The number of hydrogen-bond donors (Lipinski definition) is 2. The van der Waals surface area contributed by atoms with E-state index in [9.17, 15) is 0 Å². The average molecular weight is 177 g/mol. The number of benzene rings is 1. The lowest BCUT2D eigenvalue weighted by molar-refractivity contribution is 0.203. The van der Waals surface area contributed by atoms with E-state index in [0.29, 0.717) is 6.61 Å². The molecule has 0 unspecified atom stereocenters. The van der Waals surface area contributed by atoms with E-state index >= 15 is 0 Å². The highest BCUT2D eigenvalue weighted by Gasteiger charge is 2.01. The van der Waals surface area contributed by atoms with Crippen LogP contribution in [0.1, 0.15) is 0 Å². The van der Waals surface area contributed by atoms with Crippen molar-refractivity contribution in [3.63, 3.8) is 0 Å². The van der Waals surface area contributed by atoms with Crippen LogP contribution in [0.25, 0.3) is 10.9 Å². The van der Waals surface area contributed by atoms with Gasteiger partial charge in [-0.1, -0.05) is 12.1 Å². The van der Waals surface area contributed by atoms with Gasteiger partial charge in [0.1, 0.15) is 12.4 Å². The summed E-state index contributed by atoms with van der Waals surface area (Å²) in [5.41, 5.74) is 1.05. The number of para-hydroxylation sites is 1. The smallest absolute Gasteiger partial charge is 0.144 e. The van der Waals surface area contributed by atoms with Gasteiger partial charge >= 0.3 is 0 Å². The summed E-state index contributed by atoms with van der Waals surface area (Å²) >= 11 is 0. The zero-order valence-corrected chi connectivity index (χ0v) is 7.16. The van der Waals surface area contributed by atoms with Crippen molar-refractivity contribution in [3.05, 3.63) is 30.5 Å². The Morgan fingerprint density at radius 2 is 2.15 bits per heavy atom. The van der Waals surface area contributed by atoms with Crippen molar-refractivity contribution in [2.75, 3.05) is 13.2 Å². The third kappa shape index (κ3) is 1.51. The Balaban J connectivity index is 2.35. The topological polar surface area (TPSA) is 45.2 Å². The lowest BCUT2D eigenvalue weighted by atomic mass is 10.2. The van der Waals surface area contributed by atoms with Crippen LogP contribution < -0.4 is 4.74 Å². The summed E-state index contributed by atoms with van der Waals surface area (Å²) in [4.78, 5) is 3.09. The summed E-state index contributed by atoms with van der Waals surface area (Å²) in [7, 11) is 0. The highest BCUT2D eigenvalue weighted by Crippen LogP contribution is 2.24. The van der Waals surface area contributed by atoms with Crippen LogP contribution in [-0.4, -0.2) is 23.3 Å². The lowest BCUT2D eigenvalue weighted by Crippen LogP contribution is -2.00. The van der Waals surface area contributed by atoms with Gasteiger partial charge in [-0.3, -0.25) is 0 Å². The van der Waals surface area contributed by atoms with Crippen molar-refractivity contribution >= 4 is 10.9 Å². The maximum Gasteiger partial charge on any atom is 0.144 e. The monoisotopic (exact) mass is 177 g/mol. The second kappa shape index (κ2) is 3.49. The van der Waals surface area contributed by atoms with Crippen LogP contribution in [0.4, 0.5) is 0 Å². The predicted octanol–water partition coefficient (Wildman–Crippen LogP) is 1.54. The molecule has 68 valence electrons. The normalized spacial score (nSPS) is 10.5. The van der Waals surface area contributed by atoms with Crippen molar-refractivity contribution in [2.45, 2.75) is 0 Å². The molecular formula is C10H11NO2. The Kier molecular flexibility index (Phi) is 2.19. The van der Waals surface area contributed by atoms with Gasteiger partial charge in [0.15, 0.2) is 0 Å². The number of aromatic amines is 1. The molecule has 2 N–H and O–H groups in total. The molecule has 2 rings (SSSR count). The summed E-state index contributed by atoms with van der Waals surface area (Å²) in [6, 6.07) is 7.90. The van der Waals surface area contributed by atoms with E-state index in [4.69, 9.17) is 9.84 Å². The molecule has 0 saturated carbocycles.